The SMILES string of the molecule is CCN(CC(=O)O)C(c1ccccc1O)N(Cc1ccccc1O)C(OC(C)=O)C(=O)OCC(C)C. The van der Waals surface area contributed by atoms with E-state index in [0.29, 0.717) is 5.56 Å². The molecule has 0 spiro atoms. The Morgan fingerprint density at radius 1 is 0.972 bits per heavy atom. The molecule has 10 nitrogen and oxygen atoms in total. The lowest BCUT2D eigenvalue weighted by atomic mass is 10.1. The number of hydrogen-bond donors (Lipinski definition) is 3. The van der Waals surface area contributed by atoms with Gasteiger partial charge in [0, 0.05) is 24.6 Å². The van der Waals surface area contributed by atoms with Crippen LogP contribution in [0.1, 0.15) is 45.0 Å². The number of carbonyl (C=O) groups excluding carboxylic acids is 2. The zero-order valence-corrected chi connectivity index (χ0v) is 21.0. The van der Waals surface area contributed by atoms with E-state index in [0.717, 1.165) is 6.92 Å². The van der Waals surface area contributed by atoms with Crippen LogP contribution in [0.4, 0.5) is 0 Å². The second-order valence-corrected chi connectivity index (χ2v) is 8.68. The van der Waals surface area contributed by atoms with E-state index in [-0.39, 0.29) is 42.7 Å². The molecule has 2 rings (SSSR count). The molecule has 0 radical (unpaired) electrons. The van der Waals surface area contributed by atoms with Crippen LogP contribution in [0, 0.1) is 5.92 Å². The van der Waals surface area contributed by atoms with E-state index >= 15 is 0 Å². The fourth-order valence-electron chi connectivity index (χ4n) is 3.70. The highest BCUT2D eigenvalue weighted by Crippen LogP contribution is 2.35. The first kappa shape index (κ1) is 28.6. The minimum Gasteiger partial charge on any atom is -0.508 e. The molecule has 0 bridgehead atoms. The first-order valence-corrected chi connectivity index (χ1v) is 11.6. The molecule has 2 aromatic rings. The van der Waals surface area contributed by atoms with E-state index in [1.165, 1.54) is 21.9 Å². The zero-order valence-electron chi connectivity index (χ0n) is 21.0. The van der Waals surface area contributed by atoms with Crippen LogP contribution < -0.4 is 0 Å². The van der Waals surface area contributed by atoms with E-state index in [4.69, 9.17) is 9.47 Å². The van der Waals surface area contributed by atoms with E-state index in [9.17, 15) is 29.7 Å². The predicted molar refractivity (Wildman–Crippen MR) is 131 cm³/mol. The minimum absolute atomic E-state index is 0.00617. The second kappa shape index (κ2) is 13.5. The van der Waals surface area contributed by atoms with Crippen molar-refractivity contribution in [3.8, 4) is 11.5 Å². The molecule has 2 aromatic carbocycles. The molecule has 2 unspecified atom stereocenters. The topological polar surface area (TPSA) is 137 Å². The summed E-state index contributed by atoms with van der Waals surface area (Å²) in [6, 6.07) is 12.7. The number of benzene rings is 2. The zero-order chi connectivity index (χ0) is 26.8. The maximum atomic E-state index is 13.3. The molecule has 3 N–H and O–H groups in total. The number of carbonyl (C=O) groups is 3. The summed E-state index contributed by atoms with van der Waals surface area (Å²) < 4.78 is 10.8. The Hall–Kier alpha value is -3.63. The molecule has 0 heterocycles. The minimum atomic E-state index is -1.60. The van der Waals surface area contributed by atoms with Crippen LogP contribution >= 0.6 is 0 Å². The van der Waals surface area contributed by atoms with Crippen molar-refractivity contribution in [2.24, 2.45) is 5.92 Å². The first-order valence-electron chi connectivity index (χ1n) is 11.6. The number of aliphatic carboxylic acids is 1. The monoisotopic (exact) mass is 502 g/mol. The molecule has 196 valence electrons. The molecular formula is C26H34N2O8. The lowest BCUT2D eigenvalue weighted by molar-refractivity contribution is -0.191. The van der Waals surface area contributed by atoms with Crippen molar-refractivity contribution in [3.63, 3.8) is 0 Å². The third-order valence-electron chi connectivity index (χ3n) is 5.30. The lowest BCUT2D eigenvalue weighted by Crippen LogP contribution is -2.52. The maximum Gasteiger partial charge on any atom is 0.363 e. The fraction of sp³-hybridized carbons (Fsp3) is 0.423. The highest BCUT2D eigenvalue weighted by molar-refractivity contribution is 5.78. The van der Waals surface area contributed by atoms with Crippen molar-refractivity contribution < 1.29 is 39.2 Å². The number of phenols is 2. The highest BCUT2D eigenvalue weighted by Gasteiger charge is 2.40. The van der Waals surface area contributed by atoms with E-state index < -0.39 is 36.8 Å². The van der Waals surface area contributed by atoms with Gasteiger partial charge in [-0.05, 0) is 24.6 Å². The smallest absolute Gasteiger partial charge is 0.363 e. The first-order chi connectivity index (χ1) is 17.0. The van der Waals surface area contributed by atoms with Gasteiger partial charge in [0.1, 0.15) is 11.5 Å². The number of carboxylic acids is 1. The molecule has 10 heteroatoms. The van der Waals surface area contributed by atoms with Crippen LogP contribution in [-0.4, -0.2) is 69.0 Å². The van der Waals surface area contributed by atoms with Gasteiger partial charge in [0.2, 0.25) is 0 Å². The molecule has 0 saturated carbocycles. The number of rotatable bonds is 13. The summed E-state index contributed by atoms with van der Waals surface area (Å²) in [5.41, 5.74) is 0.669. The number of ether oxygens (including phenoxy) is 2. The van der Waals surface area contributed by atoms with Gasteiger partial charge < -0.3 is 24.8 Å². The Morgan fingerprint density at radius 3 is 2.11 bits per heavy atom. The van der Waals surface area contributed by atoms with Crippen molar-refractivity contribution in [2.75, 3.05) is 19.7 Å². The largest absolute Gasteiger partial charge is 0.508 e. The summed E-state index contributed by atoms with van der Waals surface area (Å²) in [4.78, 5) is 40.0. The number of esters is 2. The average Bonchev–Trinajstić information content (AvgIpc) is 2.81. The third-order valence-corrected chi connectivity index (χ3v) is 5.30. The Labute approximate surface area is 210 Å². The van der Waals surface area contributed by atoms with Crippen molar-refractivity contribution in [1.82, 2.24) is 9.80 Å². The molecule has 2 atom stereocenters. The van der Waals surface area contributed by atoms with Gasteiger partial charge in [-0.1, -0.05) is 57.2 Å². The second-order valence-electron chi connectivity index (χ2n) is 8.68. The van der Waals surface area contributed by atoms with Crippen LogP contribution in [0.2, 0.25) is 0 Å². The quantitative estimate of drug-likeness (QED) is 0.277. The average molecular weight is 503 g/mol. The Morgan fingerprint density at radius 2 is 1.58 bits per heavy atom. The van der Waals surface area contributed by atoms with Gasteiger partial charge in [0.05, 0.1) is 19.3 Å². The summed E-state index contributed by atoms with van der Waals surface area (Å²) in [5, 5.41) is 30.8. The van der Waals surface area contributed by atoms with Crippen LogP contribution in [-0.2, 0) is 30.4 Å². The summed E-state index contributed by atoms with van der Waals surface area (Å²) >= 11 is 0. The Balaban J connectivity index is 2.74. The number of hydrogen-bond acceptors (Lipinski definition) is 9. The summed E-state index contributed by atoms with van der Waals surface area (Å²) in [6.07, 6.45) is -2.66. The summed E-state index contributed by atoms with van der Waals surface area (Å²) in [7, 11) is 0. The highest BCUT2D eigenvalue weighted by atomic mass is 16.6. The molecule has 0 aliphatic carbocycles. The normalized spacial score (nSPS) is 13.0. The van der Waals surface area contributed by atoms with Crippen molar-refractivity contribution in [2.45, 2.75) is 46.6 Å². The van der Waals surface area contributed by atoms with Crippen molar-refractivity contribution in [3.05, 3.63) is 59.7 Å². The van der Waals surface area contributed by atoms with Crippen molar-refractivity contribution in [1.29, 1.82) is 0 Å². The summed E-state index contributed by atoms with van der Waals surface area (Å²) in [6.45, 7) is 6.26. The molecule has 0 aliphatic rings. The van der Waals surface area contributed by atoms with Crippen LogP contribution in [0.25, 0.3) is 0 Å². The van der Waals surface area contributed by atoms with Gasteiger partial charge in [-0.25, -0.2) is 9.69 Å². The van der Waals surface area contributed by atoms with E-state index in [1.807, 2.05) is 13.8 Å². The molecule has 36 heavy (non-hydrogen) atoms. The maximum absolute atomic E-state index is 13.3. The number of para-hydroxylation sites is 2. The number of carboxylic acid groups (broad SMARTS) is 1. The molecule has 0 saturated heterocycles. The third kappa shape index (κ3) is 7.96. The number of phenolic OH excluding ortho intramolecular Hbond substituents is 2. The van der Waals surface area contributed by atoms with Gasteiger partial charge in [-0.2, -0.15) is 0 Å². The van der Waals surface area contributed by atoms with E-state index in [2.05, 4.69) is 0 Å². The lowest BCUT2D eigenvalue weighted by Gasteiger charge is -2.41. The van der Waals surface area contributed by atoms with Gasteiger partial charge in [-0.15, -0.1) is 0 Å². The van der Waals surface area contributed by atoms with E-state index in [1.54, 1.807) is 43.3 Å². The standard InChI is InChI=1S/C26H34N2O8/c1-5-27(15-23(32)33)24(20-11-7-9-13-22(20)31)28(14-19-10-6-8-12-21(19)30)25(36-18(4)29)26(34)35-16-17(2)3/h6-13,17,24-25,30-31H,5,14-16H2,1-4H3,(H,32,33). The van der Waals surface area contributed by atoms with Crippen LogP contribution in [0.3, 0.4) is 0 Å². The Bertz CT molecular complexity index is 1040. The fourth-order valence-corrected chi connectivity index (χ4v) is 3.70. The predicted octanol–water partition coefficient (Wildman–Crippen LogP) is 3.09. The molecule has 0 aromatic heterocycles. The molecule has 0 aliphatic heterocycles. The van der Waals surface area contributed by atoms with Crippen molar-refractivity contribution >= 4 is 17.9 Å². The van der Waals surface area contributed by atoms with Gasteiger partial charge in [0.25, 0.3) is 6.23 Å². The summed E-state index contributed by atoms with van der Waals surface area (Å²) in [5.74, 6) is -2.97. The number of likely N-dealkylation sites (N-methyl/N-ethyl adjacent to an activating group) is 1. The number of aromatic hydroxyl groups is 2. The van der Waals surface area contributed by atoms with Crippen LogP contribution in [0.15, 0.2) is 48.5 Å². The van der Waals surface area contributed by atoms with Gasteiger partial charge in [-0.3, -0.25) is 14.5 Å². The van der Waals surface area contributed by atoms with Crippen LogP contribution in [0.5, 0.6) is 11.5 Å². The molecule has 0 amide bonds. The van der Waals surface area contributed by atoms with Gasteiger partial charge >= 0.3 is 17.9 Å². The number of nitrogens with zero attached hydrogens (tertiary/aromatic N) is 2. The van der Waals surface area contributed by atoms with Gasteiger partial charge in [0.15, 0.2) is 0 Å². The molecular weight excluding hydrogens is 468 g/mol. The molecule has 0 fully saturated rings. The Kier molecular flexibility index (Phi) is 10.7.